The van der Waals surface area contributed by atoms with Crippen molar-refractivity contribution in [2.75, 3.05) is 0 Å². The minimum Gasteiger partial charge on any atom is -0.505 e. The number of rotatable bonds is 1. The first kappa shape index (κ1) is 23.5. The Bertz CT molecular complexity index is 1440. The third-order valence-electron chi connectivity index (χ3n) is 5.53. The lowest BCUT2D eigenvalue weighted by molar-refractivity contribution is 0.0224. The maximum Gasteiger partial charge on any atom is 0.341 e. The lowest BCUT2D eigenvalue weighted by Gasteiger charge is -2.37. The lowest BCUT2D eigenvalue weighted by Crippen LogP contribution is -2.33. The molecule has 1 spiro atoms. The van der Waals surface area contributed by atoms with Gasteiger partial charge in [0, 0.05) is 5.56 Å². The predicted molar refractivity (Wildman–Crippen MR) is 125 cm³/mol. The number of aromatic hydroxyl groups is 2. The van der Waals surface area contributed by atoms with Crippen LogP contribution in [0.2, 0.25) is 30.1 Å². The molecule has 0 amide bonds. The Labute approximate surface area is 219 Å². The van der Waals surface area contributed by atoms with Gasteiger partial charge in [0.1, 0.15) is 10.0 Å². The van der Waals surface area contributed by atoms with Crippen LogP contribution in [0.3, 0.4) is 0 Å². The largest absolute Gasteiger partial charge is 0.505 e. The molecule has 7 nitrogen and oxygen atoms in total. The molecule has 2 heterocycles. The Kier molecular flexibility index (Phi) is 5.26. The molecule has 0 aliphatic carbocycles. The van der Waals surface area contributed by atoms with Crippen molar-refractivity contribution in [3.05, 3.63) is 76.2 Å². The van der Waals surface area contributed by atoms with Gasteiger partial charge in [0.2, 0.25) is 0 Å². The summed E-state index contributed by atoms with van der Waals surface area (Å²) in [7, 11) is 0. The van der Waals surface area contributed by atoms with Crippen molar-refractivity contribution < 1.29 is 34.4 Å². The van der Waals surface area contributed by atoms with Crippen molar-refractivity contribution in [1.82, 2.24) is 0 Å². The predicted octanol–water partition coefficient (Wildman–Crippen LogP) is 7.28. The van der Waals surface area contributed by atoms with Crippen molar-refractivity contribution >= 4 is 81.5 Å². The summed E-state index contributed by atoms with van der Waals surface area (Å²) in [6.07, 6.45) is 0. The number of esters is 1. The van der Waals surface area contributed by atoms with E-state index in [9.17, 15) is 24.9 Å². The van der Waals surface area contributed by atoms with E-state index in [-0.39, 0.29) is 63.9 Å². The number of halogens is 6. The summed E-state index contributed by atoms with van der Waals surface area (Å²) in [6, 6.07) is 3.56. The van der Waals surface area contributed by atoms with Crippen LogP contribution in [0.1, 0.15) is 37.4 Å². The number of hydrogen-bond acceptors (Lipinski definition) is 6. The minimum atomic E-state index is -1.99. The molecule has 34 heavy (non-hydrogen) atoms. The lowest BCUT2D eigenvalue weighted by atomic mass is 9.77. The number of carboxylic acid groups (broad SMARTS) is 1. The highest BCUT2D eigenvalue weighted by Crippen LogP contribution is 2.63. The molecule has 0 radical (unpaired) electrons. The Hall–Kier alpha value is -2.26. The fraction of sp³-hybridized carbons (Fsp3) is 0.0476. The van der Waals surface area contributed by atoms with Crippen LogP contribution in [0, 0.1) is 0 Å². The summed E-state index contributed by atoms with van der Waals surface area (Å²) in [6.45, 7) is 0. The number of carbonyl (C=O) groups is 2. The van der Waals surface area contributed by atoms with Crippen LogP contribution in [-0.4, -0.2) is 27.3 Å². The quantitative estimate of drug-likeness (QED) is 0.258. The number of fused-ring (bicyclic) bond motifs is 6. The highest BCUT2D eigenvalue weighted by molar-refractivity contribution is 6.46. The monoisotopic (exact) mass is 580 g/mol. The molecule has 13 heteroatoms. The van der Waals surface area contributed by atoms with Gasteiger partial charge in [-0.2, -0.15) is 0 Å². The van der Waals surface area contributed by atoms with Gasteiger partial charge in [0.05, 0.1) is 42.3 Å². The molecule has 0 fully saturated rings. The van der Waals surface area contributed by atoms with Gasteiger partial charge in [-0.05, 0) is 18.2 Å². The van der Waals surface area contributed by atoms with Crippen LogP contribution in [0.4, 0.5) is 0 Å². The third-order valence-corrected chi connectivity index (χ3v) is 7.67. The van der Waals surface area contributed by atoms with E-state index in [0.29, 0.717) is 0 Å². The van der Waals surface area contributed by atoms with Crippen LogP contribution in [0.25, 0.3) is 0 Å². The number of ether oxygens (including phenoxy) is 2. The summed E-state index contributed by atoms with van der Waals surface area (Å²) in [5.74, 6) is -3.91. The maximum atomic E-state index is 13.1. The van der Waals surface area contributed by atoms with Gasteiger partial charge in [-0.3, -0.25) is 0 Å². The molecule has 3 aromatic carbocycles. The van der Waals surface area contributed by atoms with Gasteiger partial charge in [-0.15, -0.1) is 0 Å². The maximum absolute atomic E-state index is 13.1. The Morgan fingerprint density at radius 1 is 0.765 bits per heavy atom. The van der Waals surface area contributed by atoms with E-state index in [4.69, 9.17) is 79.1 Å². The van der Waals surface area contributed by atoms with Crippen LogP contribution in [0.5, 0.6) is 23.0 Å². The molecule has 5 rings (SSSR count). The van der Waals surface area contributed by atoms with E-state index in [0.717, 1.165) is 6.07 Å². The molecule has 3 aromatic rings. The standard InChI is InChI=1S/C21H6Cl6O7/c22-8-2-6-17(13(26)15(8)28)33-18-7(3-9(23)16(29)14(18)27)21(6)5-1-4(19(30)31)11(24)12(25)10(5)20(32)34-21/h1-3,28-29H,(H,30,31). The van der Waals surface area contributed by atoms with Crippen LogP contribution in [-0.2, 0) is 10.3 Å². The Balaban J connectivity index is 2.02. The Morgan fingerprint density at radius 2 is 1.26 bits per heavy atom. The normalized spacial score (nSPS) is 14.8. The Morgan fingerprint density at radius 3 is 1.74 bits per heavy atom. The summed E-state index contributed by atoms with van der Waals surface area (Å²) in [5.41, 5.74) is -2.68. The number of hydrogen-bond donors (Lipinski definition) is 3. The first-order valence-electron chi connectivity index (χ1n) is 9.01. The van der Waals surface area contributed by atoms with Gasteiger partial charge in [0.15, 0.2) is 28.6 Å². The number of benzene rings is 3. The highest BCUT2D eigenvalue weighted by Gasteiger charge is 2.56. The molecule has 2 aliphatic rings. The van der Waals surface area contributed by atoms with E-state index >= 15 is 0 Å². The van der Waals surface area contributed by atoms with Gasteiger partial charge < -0.3 is 24.8 Å². The summed E-state index contributed by atoms with van der Waals surface area (Å²) in [4.78, 5) is 25.0. The fourth-order valence-corrected chi connectivity index (χ4v) is 5.56. The topological polar surface area (TPSA) is 113 Å². The second-order valence-corrected chi connectivity index (χ2v) is 9.57. The molecule has 0 saturated carbocycles. The molecular formula is C21H6Cl6O7. The minimum absolute atomic E-state index is 0.00690. The van der Waals surface area contributed by atoms with E-state index in [1.54, 1.807) is 0 Å². The SMILES string of the molecule is O=C(O)c1cc2c(c(Cl)c1Cl)C(=O)OC21c2cc(Cl)c(O)c(Cl)c2Oc2c1cc(Cl)c(O)c2Cl. The van der Waals surface area contributed by atoms with Crippen molar-refractivity contribution in [3.8, 4) is 23.0 Å². The molecule has 0 unspecified atom stereocenters. The van der Waals surface area contributed by atoms with Gasteiger partial charge in [0.25, 0.3) is 0 Å². The van der Waals surface area contributed by atoms with Crippen molar-refractivity contribution in [2.24, 2.45) is 0 Å². The van der Waals surface area contributed by atoms with Crippen molar-refractivity contribution in [2.45, 2.75) is 5.60 Å². The third kappa shape index (κ3) is 2.86. The average Bonchev–Trinajstić information content (AvgIpc) is 3.07. The zero-order valence-electron chi connectivity index (χ0n) is 16.0. The highest BCUT2D eigenvalue weighted by atomic mass is 35.5. The van der Waals surface area contributed by atoms with Crippen molar-refractivity contribution in [3.63, 3.8) is 0 Å². The zero-order chi connectivity index (χ0) is 24.9. The molecule has 0 bridgehead atoms. The van der Waals surface area contributed by atoms with Gasteiger partial charge >= 0.3 is 11.9 Å². The summed E-state index contributed by atoms with van der Waals surface area (Å²) in [5, 5.41) is 28.3. The fourth-order valence-electron chi connectivity index (χ4n) is 4.06. The molecular weight excluding hydrogens is 577 g/mol. The second kappa shape index (κ2) is 7.62. The van der Waals surface area contributed by atoms with E-state index in [1.807, 2.05) is 0 Å². The molecule has 174 valence electrons. The average molecular weight is 583 g/mol. The number of aromatic carboxylic acids is 1. The molecule has 3 N–H and O–H groups in total. The number of phenolic OH excluding ortho intramolecular Hbond substituents is 2. The summed E-state index contributed by atoms with van der Waals surface area (Å²) < 4.78 is 11.6. The first-order chi connectivity index (χ1) is 15.9. The zero-order valence-corrected chi connectivity index (χ0v) is 20.5. The first-order valence-corrected chi connectivity index (χ1v) is 11.3. The van der Waals surface area contributed by atoms with E-state index < -0.39 is 34.6 Å². The van der Waals surface area contributed by atoms with Gasteiger partial charge in [-0.25, -0.2) is 9.59 Å². The smallest absolute Gasteiger partial charge is 0.341 e. The van der Waals surface area contributed by atoms with Crippen molar-refractivity contribution in [1.29, 1.82) is 0 Å². The molecule has 2 aliphatic heterocycles. The van der Waals surface area contributed by atoms with Crippen LogP contribution in [0.15, 0.2) is 18.2 Å². The van der Waals surface area contributed by atoms with Gasteiger partial charge in [-0.1, -0.05) is 69.6 Å². The number of phenols is 2. The molecule has 0 saturated heterocycles. The van der Waals surface area contributed by atoms with E-state index in [2.05, 4.69) is 0 Å². The van der Waals surface area contributed by atoms with E-state index in [1.165, 1.54) is 12.1 Å². The van der Waals surface area contributed by atoms with Crippen LogP contribution >= 0.6 is 69.6 Å². The molecule has 0 atom stereocenters. The number of carbonyl (C=O) groups excluding carboxylic acids is 1. The van der Waals surface area contributed by atoms with Crippen LogP contribution < -0.4 is 4.74 Å². The second-order valence-electron chi connectivity index (χ2n) is 7.25. The summed E-state index contributed by atoms with van der Waals surface area (Å²) >= 11 is 37.3. The number of carboxylic acids is 1. The molecule has 0 aromatic heterocycles.